The van der Waals surface area contributed by atoms with Crippen LogP contribution in [0.25, 0.3) is 0 Å². The van der Waals surface area contributed by atoms with E-state index in [2.05, 4.69) is 10.4 Å². The second kappa shape index (κ2) is 10.3. The average molecular weight is 565 g/mol. The second-order valence-electron chi connectivity index (χ2n) is 10.8. The van der Waals surface area contributed by atoms with Crippen LogP contribution in [0.5, 0.6) is 0 Å². The largest absolute Gasteiger partial charge is 0.377 e. The van der Waals surface area contributed by atoms with Crippen molar-refractivity contribution >= 4 is 33.3 Å². The molecule has 0 radical (unpaired) electrons. The van der Waals surface area contributed by atoms with Gasteiger partial charge in [0, 0.05) is 30.2 Å². The number of nitrogens with one attached hydrogen (secondary N) is 1. The lowest BCUT2D eigenvalue weighted by Crippen LogP contribution is -2.52. The summed E-state index contributed by atoms with van der Waals surface area (Å²) in [6.07, 6.45) is 1.43. The number of carbonyl (C=O) groups is 2. The molecule has 206 valence electrons. The standard InChI is InChI=1S/C26H33ClN4O6S/c1-25(2)17-37-14-13-36-12-11-31-22-20(7-10-30(24(22)33)16-26(8-9-26)38(25,34)35)21(29-31)23(32)28-15-18-3-5-19(27)6-4-18/h3-6H,7-17H2,1-2H3,(H,28,32). The van der Waals surface area contributed by atoms with Crippen LogP contribution in [0.15, 0.2) is 24.3 Å². The highest BCUT2D eigenvalue weighted by molar-refractivity contribution is 7.94. The van der Waals surface area contributed by atoms with Gasteiger partial charge in [0.2, 0.25) is 0 Å². The number of benzene rings is 1. The van der Waals surface area contributed by atoms with E-state index < -0.39 is 19.3 Å². The molecule has 5 rings (SSSR count). The number of halogens is 1. The fourth-order valence-electron chi connectivity index (χ4n) is 5.19. The molecule has 2 bridgehead atoms. The zero-order valence-electron chi connectivity index (χ0n) is 21.7. The number of amides is 2. The number of hydrogen-bond donors (Lipinski definition) is 1. The minimum Gasteiger partial charge on any atom is -0.377 e. The number of sulfone groups is 1. The maximum atomic E-state index is 13.7. The highest BCUT2D eigenvalue weighted by Gasteiger charge is 2.61. The number of fused-ring (bicyclic) bond motifs is 1. The molecule has 1 spiro atoms. The summed E-state index contributed by atoms with van der Waals surface area (Å²) in [6.45, 7) is 5.24. The van der Waals surface area contributed by atoms with Gasteiger partial charge in [0.1, 0.15) is 5.69 Å². The Morgan fingerprint density at radius 2 is 1.82 bits per heavy atom. The first-order chi connectivity index (χ1) is 18.0. The Kier molecular flexibility index (Phi) is 7.32. The van der Waals surface area contributed by atoms with E-state index >= 15 is 0 Å². The fraction of sp³-hybridized carbons (Fsp3) is 0.577. The van der Waals surface area contributed by atoms with Gasteiger partial charge in [0.15, 0.2) is 15.5 Å². The first-order valence-electron chi connectivity index (χ1n) is 12.9. The molecule has 1 aliphatic carbocycles. The summed E-state index contributed by atoms with van der Waals surface area (Å²) in [6, 6.07) is 7.17. The Morgan fingerprint density at radius 3 is 2.53 bits per heavy atom. The summed E-state index contributed by atoms with van der Waals surface area (Å²) in [7, 11) is -3.61. The average Bonchev–Trinajstić information content (AvgIpc) is 3.58. The van der Waals surface area contributed by atoms with Crippen molar-refractivity contribution in [3.8, 4) is 0 Å². The van der Waals surface area contributed by atoms with Gasteiger partial charge < -0.3 is 19.7 Å². The van der Waals surface area contributed by atoms with Crippen molar-refractivity contribution in [2.45, 2.75) is 55.7 Å². The molecule has 1 saturated carbocycles. The number of aromatic nitrogens is 2. The number of nitrogens with zero attached hydrogens (tertiary/aromatic N) is 3. The molecule has 2 aromatic rings. The van der Waals surface area contributed by atoms with Crippen LogP contribution in [0.2, 0.25) is 5.02 Å². The number of ether oxygens (including phenoxy) is 2. The van der Waals surface area contributed by atoms with Crippen LogP contribution in [-0.2, 0) is 38.8 Å². The molecule has 1 aromatic carbocycles. The Balaban J connectivity index is 1.43. The maximum Gasteiger partial charge on any atom is 0.272 e. The second-order valence-corrected chi connectivity index (χ2v) is 14.2. The summed E-state index contributed by atoms with van der Waals surface area (Å²) in [4.78, 5) is 28.5. The predicted molar refractivity (Wildman–Crippen MR) is 141 cm³/mol. The van der Waals surface area contributed by atoms with Gasteiger partial charge in [0.25, 0.3) is 11.8 Å². The van der Waals surface area contributed by atoms with E-state index in [0.717, 1.165) is 5.56 Å². The highest BCUT2D eigenvalue weighted by atomic mass is 35.5. The van der Waals surface area contributed by atoms with Crippen molar-refractivity contribution in [1.29, 1.82) is 0 Å². The van der Waals surface area contributed by atoms with Gasteiger partial charge in [-0.2, -0.15) is 5.10 Å². The van der Waals surface area contributed by atoms with E-state index in [9.17, 15) is 18.0 Å². The normalized spacial score (nSPS) is 22.4. The molecule has 3 heterocycles. The third kappa shape index (κ3) is 4.97. The Bertz CT molecular complexity index is 1330. The molecule has 1 fully saturated rings. The summed E-state index contributed by atoms with van der Waals surface area (Å²) in [5.74, 6) is -0.677. The molecular formula is C26H33ClN4O6S. The first kappa shape index (κ1) is 27.1. The summed E-state index contributed by atoms with van der Waals surface area (Å²) < 4.78 is 38.2. The minimum absolute atomic E-state index is 0.0641. The molecule has 1 aromatic heterocycles. The molecular weight excluding hydrogens is 532 g/mol. The lowest BCUT2D eigenvalue weighted by Gasteiger charge is -2.35. The zero-order valence-corrected chi connectivity index (χ0v) is 23.2. The molecule has 12 heteroatoms. The van der Waals surface area contributed by atoms with Crippen molar-refractivity contribution in [3.63, 3.8) is 0 Å². The van der Waals surface area contributed by atoms with E-state index in [0.29, 0.717) is 42.1 Å². The molecule has 38 heavy (non-hydrogen) atoms. The van der Waals surface area contributed by atoms with E-state index in [-0.39, 0.29) is 63.6 Å². The molecule has 0 atom stereocenters. The number of hydrogen-bond acceptors (Lipinski definition) is 7. The number of rotatable bonds is 3. The van der Waals surface area contributed by atoms with Gasteiger partial charge in [-0.05, 0) is 50.8 Å². The fourth-order valence-corrected chi connectivity index (χ4v) is 7.69. The molecule has 2 aliphatic heterocycles. The van der Waals surface area contributed by atoms with Gasteiger partial charge in [-0.1, -0.05) is 23.7 Å². The summed E-state index contributed by atoms with van der Waals surface area (Å²) >= 11 is 5.95. The molecule has 3 aliphatic rings. The Morgan fingerprint density at radius 1 is 1.11 bits per heavy atom. The van der Waals surface area contributed by atoms with Crippen LogP contribution in [0.4, 0.5) is 0 Å². The van der Waals surface area contributed by atoms with Crippen molar-refractivity contribution in [2.24, 2.45) is 0 Å². The van der Waals surface area contributed by atoms with Crippen LogP contribution in [0, 0.1) is 0 Å². The Hall–Kier alpha value is -2.47. The molecule has 0 saturated heterocycles. The predicted octanol–water partition coefficient (Wildman–Crippen LogP) is 2.24. The van der Waals surface area contributed by atoms with Gasteiger partial charge >= 0.3 is 0 Å². The third-order valence-electron chi connectivity index (χ3n) is 7.61. The molecule has 1 N–H and O–H groups in total. The van der Waals surface area contributed by atoms with E-state index in [1.165, 1.54) is 4.68 Å². The SMILES string of the molecule is CC1(C)COCCOCCn2nc(C(=O)NCc3ccc(Cl)cc3)c3c2C(=O)N(CC3)CC2(CC2)S1(=O)=O. The smallest absolute Gasteiger partial charge is 0.272 e. The van der Waals surface area contributed by atoms with Crippen molar-refractivity contribution in [1.82, 2.24) is 20.0 Å². The van der Waals surface area contributed by atoms with Crippen LogP contribution in [0.1, 0.15) is 58.8 Å². The van der Waals surface area contributed by atoms with Gasteiger partial charge in [-0.15, -0.1) is 0 Å². The lowest BCUT2D eigenvalue weighted by atomic mass is 10.0. The van der Waals surface area contributed by atoms with Crippen LogP contribution in [0.3, 0.4) is 0 Å². The number of carbonyl (C=O) groups excluding carboxylic acids is 2. The first-order valence-corrected chi connectivity index (χ1v) is 14.7. The van der Waals surface area contributed by atoms with Crippen molar-refractivity contribution in [3.05, 3.63) is 51.8 Å². The van der Waals surface area contributed by atoms with E-state index in [1.807, 2.05) is 12.1 Å². The lowest BCUT2D eigenvalue weighted by molar-refractivity contribution is 0.0373. The Labute approximate surface area is 227 Å². The highest BCUT2D eigenvalue weighted by Crippen LogP contribution is 2.49. The van der Waals surface area contributed by atoms with Crippen LogP contribution >= 0.6 is 11.6 Å². The minimum atomic E-state index is -3.61. The summed E-state index contributed by atoms with van der Waals surface area (Å²) in [5, 5.41) is 8.02. The van der Waals surface area contributed by atoms with Gasteiger partial charge in [-0.3, -0.25) is 14.3 Å². The van der Waals surface area contributed by atoms with Crippen LogP contribution < -0.4 is 5.32 Å². The molecule has 0 unspecified atom stereocenters. The van der Waals surface area contributed by atoms with E-state index in [4.69, 9.17) is 21.1 Å². The molecule has 10 nitrogen and oxygen atoms in total. The van der Waals surface area contributed by atoms with Gasteiger partial charge in [0.05, 0.1) is 42.5 Å². The molecule has 2 amide bonds. The van der Waals surface area contributed by atoms with Crippen LogP contribution in [-0.4, -0.2) is 83.9 Å². The van der Waals surface area contributed by atoms with E-state index in [1.54, 1.807) is 30.9 Å². The van der Waals surface area contributed by atoms with Crippen molar-refractivity contribution in [2.75, 3.05) is 39.5 Å². The monoisotopic (exact) mass is 564 g/mol. The van der Waals surface area contributed by atoms with Gasteiger partial charge in [-0.25, -0.2) is 8.42 Å². The van der Waals surface area contributed by atoms with Crippen molar-refractivity contribution < 1.29 is 27.5 Å². The quantitative estimate of drug-likeness (QED) is 0.607. The summed E-state index contributed by atoms with van der Waals surface area (Å²) in [5.41, 5.74) is 2.01. The third-order valence-corrected chi connectivity index (χ3v) is 11.1. The topological polar surface area (TPSA) is 120 Å². The maximum absolute atomic E-state index is 13.7. The zero-order chi connectivity index (χ0) is 27.1.